The summed E-state index contributed by atoms with van der Waals surface area (Å²) < 4.78 is 1.61. The highest BCUT2D eigenvalue weighted by Crippen LogP contribution is 2.41. The predicted molar refractivity (Wildman–Crippen MR) is 150 cm³/mol. The van der Waals surface area contributed by atoms with E-state index in [-0.39, 0.29) is 39.9 Å². The van der Waals surface area contributed by atoms with E-state index in [2.05, 4.69) is 25.4 Å². The molecule has 0 bridgehead atoms. The normalized spacial score (nSPS) is 18.8. The van der Waals surface area contributed by atoms with E-state index in [1.807, 2.05) is 6.92 Å². The molecule has 1 unspecified atom stereocenters. The van der Waals surface area contributed by atoms with Gasteiger partial charge in [0.15, 0.2) is 10.8 Å². The smallest absolute Gasteiger partial charge is 0.350 e. The number of nitrogen functional groups attached to an aromatic ring is 3. The zero-order valence-electron chi connectivity index (χ0n) is 22.4. The molecule has 42 heavy (non-hydrogen) atoms. The van der Waals surface area contributed by atoms with E-state index >= 15 is 0 Å². The molecular weight excluding hydrogens is 613 g/mol. The number of thiazole rings is 1. The van der Waals surface area contributed by atoms with Crippen molar-refractivity contribution in [2.45, 2.75) is 49.5 Å². The van der Waals surface area contributed by atoms with Crippen LogP contribution in [-0.2, 0) is 30.6 Å². The van der Waals surface area contributed by atoms with E-state index in [0.29, 0.717) is 17.3 Å². The van der Waals surface area contributed by atoms with Crippen molar-refractivity contribution in [1.29, 1.82) is 0 Å². The molecule has 2 aliphatic heterocycles. The van der Waals surface area contributed by atoms with Gasteiger partial charge in [0.2, 0.25) is 5.60 Å². The lowest BCUT2D eigenvalue weighted by Crippen LogP contribution is -2.71. The average molecular weight is 639 g/mol. The molecule has 4 rings (SSSR count). The number of hydrogen-bond donors (Lipinski definition) is 5. The Bertz CT molecular complexity index is 1530. The van der Waals surface area contributed by atoms with Crippen molar-refractivity contribution in [3.63, 3.8) is 0 Å². The molecule has 1 saturated heterocycles. The lowest BCUT2D eigenvalue weighted by Gasteiger charge is -2.50. The Balaban J connectivity index is 1.54. The zero-order valence-corrected chi connectivity index (χ0v) is 24.8. The second kappa shape index (κ2) is 12.0. The van der Waals surface area contributed by atoms with Crippen molar-refractivity contribution in [2.75, 3.05) is 28.7 Å². The lowest BCUT2D eigenvalue weighted by atomic mass is 10.0. The Morgan fingerprint density at radius 1 is 1.31 bits per heavy atom. The van der Waals surface area contributed by atoms with Crippen molar-refractivity contribution in [3.8, 4) is 0 Å². The molecule has 0 aromatic carbocycles. The molecule has 17 nitrogen and oxygen atoms in total. The monoisotopic (exact) mass is 638 g/mol. The fraction of sp³-hybridized carbons (Fsp3) is 0.409. The molecule has 0 radical (unpaired) electrons. The number of nitrogens with zero attached hydrogens (tertiary/aromatic N) is 6. The third-order valence-electron chi connectivity index (χ3n) is 6.03. The first-order valence-electron chi connectivity index (χ1n) is 12.1. The first-order valence-corrected chi connectivity index (χ1v) is 15.0. The molecule has 4 heterocycles. The van der Waals surface area contributed by atoms with Crippen molar-refractivity contribution in [2.24, 2.45) is 5.16 Å². The van der Waals surface area contributed by atoms with Gasteiger partial charge in [-0.15, -0.1) is 23.1 Å². The first kappa shape index (κ1) is 30.8. The molecule has 1 fully saturated rings. The number of carboxylic acids is 2. The lowest BCUT2D eigenvalue weighted by molar-refractivity contribution is -0.722. The van der Waals surface area contributed by atoms with Gasteiger partial charge in [-0.1, -0.05) is 26.9 Å². The molecule has 2 amide bonds. The third-order valence-corrected chi connectivity index (χ3v) is 9.10. The van der Waals surface area contributed by atoms with E-state index in [1.165, 1.54) is 42.8 Å². The van der Waals surface area contributed by atoms with E-state index in [9.17, 15) is 29.4 Å². The quantitative estimate of drug-likeness (QED) is 0.0573. The number of thioether (sulfide) groups is 2. The number of oxime groups is 1. The van der Waals surface area contributed by atoms with Crippen molar-refractivity contribution in [1.82, 2.24) is 25.2 Å². The summed E-state index contributed by atoms with van der Waals surface area (Å²) in [6, 6.07) is -1.12. The number of nitrogens with one attached hydrogen (secondary N) is 1. The number of aliphatic carboxylic acids is 2. The van der Waals surface area contributed by atoms with E-state index in [0.717, 1.165) is 16.2 Å². The highest BCUT2D eigenvalue weighted by molar-refractivity contribution is 8.01. The number of anilines is 3. The van der Waals surface area contributed by atoms with Gasteiger partial charge in [-0.3, -0.25) is 14.5 Å². The Hall–Kier alpha value is -4.17. The van der Waals surface area contributed by atoms with Gasteiger partial charge in [0.1, 0.15) is 17.1 Å². The van der Waals surface area contributed by atoms with Crippen LogP contribution in [0.1, 0.15) is 26.5 Å². The molecule has 0 spiro atoms. The van der Waals surface area contributed by atoms with Crippen molar-refractivity contribution < 1.29 is 38.8 Å². The Kier molecular flexibility index (Phi) is 8.78. The summed E-state index contributed by atoms with van der Waals surface area (Å²) in [4.78, 5) is 68.2. The largest absolute Gasteiger partial charge is 0.543 e. The van der Waals surface area contributed by atoms with Crippen LogP contribution in [0, 0.1) is 0 Å². The van der Waals surface area contributed by atoms with Crippen LogP contribution in [0.25, 0.3) is 0 Å². The number of amides is 2. The maximum absolute atomic E-state index is 13.2. The number of fused-ring (bicyclic) bond motifs is 1. The van der Waals surface area contributed by atoms with Gasteiger partial charge in [-0.2, -0.15) is 0 Å². The highest BCUT2D eigenvalue weighted by atomic mass is 32.2. The van der Waals surface area contributed by atoms with Gasteiger partial charge >= 0.3 is 17.9 Å². The predicted octanol–water partition coefficient (Wildman–Crippen LogP) is -2.23. The van der Waals surface area contributed by atoms with Gasteiger partial charge < -0.3 is 42.4 Å². The summed E-state index contributed by atoms with van der Waals surface area (Å²) >= 11 is 3.42. The summed E-state index contributed by atoms with van der Waals surface area (Å²) in [5.74, 6) is -4.02. The van der Waals surface area contributed by atoms with E-state index < -0.39 is 46.5 Å². The van der Waals surface area contributed by atoms with Crippen molar-refractivity contribution >= 4 is 81.4 Å². The van der Waals surface area contributed by atoms with Crippen LogP contribution >= 0.6 is 34.9 Å². The highest BCUT2D eigenvalue weighted by Gasteiger charge is 2.53. The first-order chi connectivity index (χ1) is 19.7. The number of hydrogen-bond acceptors (Lipinski definition) is 16. The van der Waals surface area contributed by atoms with Gasteiger partial charge in [0, 0.05) is 16.9 Å². The molecule has 2 aliphatic rings. The molecule has 2 aromatic heterocycles. The van der Waals surface area contributed by atoms with Crippen LogP contribution < -0.4 is 32.2 Å². The number of rotatable bonds is 11. The summed E-state index contributed by atoms with van der Waals surface area (Å²) in [5, 5.41) is 28.9. The summed E-state index contributed by atoms with van der Waals surface area (Å²) in [5.41, 5.74) is 15.2. The molecule has 0 saturated carbocycles. The van der Waals surface area contributed by atoms with Gasteiger partial charge in [-0.05, 0) is 26.3 Å². The summed E-state index contributed by atoms with van der Waals surface area (Å²) in [7, 11) is 0. The van der Waals surface area contributed by atoms with Gasteiger partial charge in [-0.25, -0.2) is 14.3 Å². The standard InChI is InChI=1S/C22H26N10O7S3/c1-4-31-19(24)28-18(23)29-21(31)42-6-8-5-40-15-11(14(34)32(15)12(8)16(35)36)27-13(33)10(9-7-41-20(25)26-9)30-39-22(2,3)17(37)38/h7,11,15H,4-6H2,1-3H3,(H8,23,24,25,26,27,28,33,35,36,37,38)/b30-10-/t11?,15-/m0/s1. The number of carboxylic acid groups (broad SMARTS) is 2. The SMILES string of the molecule is CC[n+]1c(N)nc(N)nc1SCC1=C(C(=O)[O-])N2C(=O)C(NC(=O)/C(=N\OC(C)(C)C(=O)O)c3csc(N)n3)[C@@H]2SC1. The number of β-lactam (4-membered cyclic amide) rings is 1. The van der Waals surface area contributed by atoms with Gasteiger partial charge in [0.05, 0.1) is 18.2 Å². The maximum atomic E-state index is 13.2. The molecule has 2 atom stereocenters. The molecule has 20 heteroatoms. The number of aromatic nitrogens is 4. The second-order valence-electron chi connectivity index (χ2n) is 9.27. The number of carbonyl (C=O) groups is 4. The average Bonchev–Trinajstić information content (AvgIpc) is 3.35. The minimum Gasteiger partial charge on any atom is -0.543 e. The second-order valence-corrected chi connectivity index (χ2v) is 12.2. The maximum Gasteiger partial charge on any atom is 0.350 e. The van der Waals surface area contributed by atoms with Crippen LogP contribution in [0.2, 0.25) is 0 Å². The molecule has 8 N–H and O–H groups in total. The summed E-state index contributed by atoms with van der Waals surface area (Å²) in [6.45, 7) is 4.74. The third kappa shape index (κ3) is 6.04. The summed E-state index contributed by atoms with van der Waals surface area (Å²) in [6.07, 6.45) is 0. The fourth-order valence-electron chi connectivity index (χ4n) is 3.81. The zero-order chi connectivity index (χ0) is 30.9. The molecule has 2 aromatic rings. The van der Waals surface area contributed by atoms with E-state index in [4.69, 9.17) is 22.0 Å². The Labute approximate surface area is 250 Å². The Morgan fingerprint density at radius 3 is 2.62 bits per heavy atom. The number of carbonyl (C=O) groups excluding carboxylic acids is 3. The van der Waals surface area contributed by atoms with Crippen LogP contribution in [0.3, 0.4) is 0 Å². The van der Waals surface area contributed by atoms with Crippen LogP contribution in [0.15, 0.2) is 27.0 Å². The topological polar surface area (TPSA) is 269 Å². The molecule has 224 valence electrons. The van der Waals surface area contributed by atoms with Gasteiger partial charge in [0.25, 0.3) is 17.0 Å². The van der Waals surface area contributed by atoms with Crippen LogP contribution in [0.5, 0.6) is 0 Å². The van der Waals surface area contributed by atoms with E-state index in [1.54, 1.807) is 4.57 Å². The fourth-order valence-corrected chi connectivity index (χ4v) is 6.91. The minimum absolute atomic E-state index is 0.000981. The minimum atomic E-state index is -1.78. The molecular formula is C22H26N10O7S3. The molecule has 0 aliphatic carbocycles. The van der Waals surface area contributed by atoms with Crippen LogP contribution in [0.4, 0.5) is 17.0 Å². The Morgan fingerprint density at radius 2 is 2.02 bits per heavy atom. The van der Waals surface area contributed by atoms with Crippen molar-refractivity contribution in [3.05, 3.63) is 22.3 Å². The van der Waals surface area contributed by atoms with Crippen LogP contribution in [-0.4, -0.2) is 82.9 Å². The number of nitrogens with two attached hydrogens (primary N) is 3.